The molecule has 4 heterocycles. The molecule has 0 aromatic carbocycles. The molecule has 0 amide bonds. The Labute approximate surface area is 134 Å². The van der Waals surface area contributed by atoms with Gasteiger partial charge in [0.05, 0.1) is 28.5 Å². The van der Waals surface area contributed by atoms with Crippen molar-refractivity contribution in [3.8, 4) is 0 Å². The molecule has 0 saturated carbocycles. The summed E-state index contributed by atoms with van der Waals surface area (Å²) >= 11 is 0. The van der Waals surface area contributed by atoms with Gasteiger partial charge in [-0.05, 0) is 66.8 Å². The maximum atomic E-state index is 4.57. The molecule has 4 nitrogen and oxygen atoms in total. The van der Waals surface area contributed by atoms with Crippen molar-refractivity contribution in [3.63, 3.8) is 0 Å². The minimum Gasteiger partial charge on any atom is -0.362 e. The number of nitrogens with zero attached hydrogens (tertiary/aromatic N) is 3. The second-order valence-corrected chi connectivity index (χ2v) is 5.21. The summed E-state index contributed by atoms with van der Waals surface area (Å²) in [6.45, 7) is 0. The van der Waals surface area contributed by atoms with Crippen molar-refractivity contribution in [2.24, 2.45) is 15.0 Å². The van der Waals surface area contributed by atoms with Crippen LogP contribution < -0.4 is 0 Å². The van der Waals surface area contributed by atoms with Gasteiger partial charge in [-0.2, -0.15) is 0 Å². The zero-order valence-electron chi connectivity index (χ0n) is 12.3. The largest absolute Gasteiger partial charge is 0.362 e. The summed E-state index contributed by atoms with van der Waals surface area (Å²) in [6.07, 6.45) is 21.4. The van der Waals surface area contributed by atoms with Crippen molar-refractivity contribution >= 4 is 23.7 Å². The highest BCUT2D eigenvalue weighted by Crippen LogP contribution is 2.17. The molecule has 3 aliphatic rings. The normalized spacial score (nSPS) is 23.7. The Hall–Kier alpha value is -3.27. The molecule has 0 radical (unpaired) electrons. The molecule has 3 aliphatic heterocycles. The molecule has 0 saturated heterocycles. The summed E-state index contributed by atoms with van der Waals surface area (Å²) in [4.78, 5) is 16.5. The van der Waals surface area contributed by atoms with E-state index in [9.17, 15) is 0 Å². The van der Waals surface area contributed by atoms with Gasteiger partial charge in [-0.25, -0.2) is 9.98 Å². The first-order chi connectivity index (χ1) is 11.3. The molecular formula is C19H14N4. The molecule has 4 rings (SSSR count). The lowest BCUT2D eigenvalue weighted by Gasteiger charge is -1.92. The molecule has 1 N–H and O–H groups in total. The van der Waals surface area contributed by atoms with Crippen molar-refractivity contribution in [1.29, 1.82) is 0 Å². The van der Waals surface area contributed by atoms with E-state index in [2.05, 4.69) is 20.0 Å². The van der Waals surface area contributed by atoms with Gasteiger partial charge in [-0.1, -0.05) is 0 Å². The van der Waals surface area contributed by atoms with Crippen LogP contribution in [0.4, 0.5) is 0 Å². The number of aliphatic imine (C=N–C) groups is 3. The summed E-state index contributed by atoms with van der Waals surface area (Å²) in [5.41, 5.74) is 5.59. The number of aromatic nitrogens is 1. The minimum atomic E-state index is 0.896. The van der Waals surface area contributed by atoms with E-state index >= 15 is 0 Å². The quantitative estimate of drug-likeness (QED) is 0.883. The number of hydrogen-bond donors (Lipinski definition) is 1. The topological polar surface area (TPSA) is 52.9 Å². The Morgan fingerprint density at radius 3 is 2.17 bits per heavy atom. The van der Waals surface area contributed by atoms with Crippen molar-refractivity contribution in [3.05, 3.63) is 89.7 Å². The van der Waals surface area contributed by atoms with Crippen LogP contribution in [-0.4, -0.2) is 22.6 Å². The predicted octanol–water partition coefficient (Wildman–Crippen LogP) is 3.79. The SMILES string of the molecule is C1=C/C(=C\C2=NC(=C/C3=NC(=C/c4ccc[nH]4)/C=C3)/C=C2)N=C1. The van der Waals surface area contributed by atoms with Gasteiger partial charge >= 0.3 is 0 Å². The van der Waals surface area contributed by atoms with E-state index in [-0.39, 0.29) is 0 Å². The molecule has 0 aliphatic carbocycles. The van der Waals surface area contributed by atoms with Gasteiger partial charge in [-0.15, -0.1) is 0 Å². The van der Waals surface area contributed by atoms with E-state index in [0.717, 1.165) is 34.2 Å². The van der Waals surface area contributed by atoms with Crippen LogP contribution in [-0.2, 0) is 0 Å². The predicted molar refractivity (Wildman–Crippen MR) is 95.7 cm³/mol. The second kappa shape index (κ2) is 5.85. The van der Waals surface area contributed by atoms with Gasteiger partial charge in [0.25, 0.3) is 0 Å². The number of allylic oxidation sites excluding steroid dienone is 8. The first-order valence-electron chi connectivity index (χ1n) is 7.38. The number of hydrogen-bond acceptors (Lipinski definition) is 3. The summed E-state index contributed by atoms with van der Waals surface area (Å²) in [6, 6.07) is 3.98. The molecule has 23 heavy (non-hydrogen) atoms. The summed E-state index contributed by atoms with van der Waals surface area (Å²) in [7, 11) is 0. The van der Waals surface area contributed by atoms with Gasteiger partial charge < -0.3 is 4.98 Å². The smallest absolute Gasteiger partial charge is 0.0659 e. The molecule has 4 heteroatoms. The van der Waals surface area contributed by atoms with E-state index in [0.29, 0.717) is 0 Å². The Balaban J connectivity index is 1.51. The van der Waals surface area contributed by atoms with Crippen LogP contribution in [0.15, 0.2) is 99.0 Å². The lowest BCUT2D eigenvalue weighted by Crippen LogP contribution is -1.86. The average molecular weight is 298 g/mol. The molecule has 110 valence electrons. The zero-order valence-corrected chi connectivity index (χ0v) is 12.3. The fourth-order valence-electron chi connectivity index (χ4n) is 2.41. The zero-order chi connectivity index (χ0) is 15.5. The molecule has 0 spiro atoms. The van der Waals surface area contributed by atoms with Crippen molar-refractivity contribution in [1.82, 2.24) is 4.98 Å². The molecule has 0 atom stereocenters. The van der Waals surface area contributed by atoms with E-state index in [1.54, 1.807) is 6.21 Å². The fourth-order valence-corrected chi connectivity index (χ4v) is 2.41. The lowest BCUT2D eigenvalue weighted by atomic mass is 10.2. The Bertz CT molecular complexity index is 881. The highest BCUT2D eigenvalue weighted by Gasteiger charge is 2.07. The first kappa shape index (κ1) is 13.4. The molecule has 1 aromatic heterocycles. The van der Waals surface area contributed by atoms with Crippen molar-refractivity contribution in [2.75, 3.05) is 0 Å². The molecular weight excluding hydrogens is 284 g/mol. The van der Waals surface area contributed by atoms with Gasteiger partial charge in [0.1, 0.15) is 0 Å². The number of H-pyrrole nitrogens is 1. The Morgan fingerprint density at radius 1 is 0.783 bits per heavy atom. The lowest BCUT2D eigenvalue weighted by molar-refractivity contribution is 1.36. The van der Waals surface area contributed by atoms with Crippen molar-refractivity contribution in [2.45, 2.75) is 0 Å². The van der Waals surface area contributed by atoms with Crippen LogP contribution in [0.3, 0.4) is 0 Å². The minimum absolute atomic E-state index is 0.896. The molecule has 0 unspecified atom stereocenters. The van der Waals surface area contributed by atoms with Crippen LogP contribution in [0, 0.1) is 0 Å². The average Bonchev–Trinajstić information content (AvgIpc) is 3.31. The Kier molecular flexibility index (Phi) is 3.41. The second-order valence-electron chi connectivity index (χ2n) is 5.21. The van der Waals surface area contributed by atoms with E-state index in [1.165, 1.54) is 0 Å². The molecule has 0 fully saturated rings. The first-order valence-corrected chi connectivity index (χ1v) is 7.38. The van der Waals surface area contributed by atoms with E-state index < -0.39 is 0 Å². The van der Waals surface area contributed by atoms with Crippen molar-refractivity contribution < 1.29 is 0 Å². The maximum absolute atomic E-state index is 4.57. The van der Waals surface area contributed by atoms with Crippen LogP contribution in [0.2, 0.25) is 0 Å². The van der Waals surface area contributed by atoms with Crippen LogP contribution >= 0.6 is 0 Å². The van der Waals surface area contributed by atoms with Gasteiger partial charge in [0.2, 0.25) is 0 Å². The van der Waals surface area contributed by atoms with Gasteiger partial charge in [0, 0.05) is 18.1 Å². The van der Waals surface area contributed by atoms with Gasteiger partial charge in [-0.3, -0.25) is 4.99 Å². The molecule has 1 aromatic rings. The standard InChI is InChI=1S/C19H14N4/c1-3-14(20-9-1)11-16-5-7-18(22-16)13-19-8-6-17(23-19)12-15-4-2-10-21-15/h1-13,20H/b15-12+,16-11+,19-13+. The summed E-state index contributed by atoms with van der Waals surface area (Å²) < 4.78 is 0. The van der Waals surface area contributed by atoms with Gasteiger partial charge in [0.15, 0.2) is 0 Å². The highest BCUT2D eigenvalue weighted by molar-refractivity contribution is 6.11. The van der Waals surface area contributed by atoms with E-state index in [4.69, 9.17) is 0 Å². The molecule has 0 bridgehead atoms. The van der Waals surface area contributed by atoms with E-state index in [1.807, 2.05) is 73.0 Å². The number of aromatic amines is 1. The van der Waals surface area contributed by atoms with Crippen LogP contribution in [0.5, 0.6) is 0 Å². The van der Waals surface area contributed by atoms with Crippen LogP contribution in [0.1, 0.15) is 5.69 Å². The monoisotopic (exact) mass is 298 g/mol. The third kappa shape index (κ3) is 3.16. The summed E-state index contributed by atoms with van der Waals surface area (Å²) in [5.74, 6) is 0. The third-order valence-corrected chi connectivity index (χ3v) is 3.46. The number of rotatable bonds is 3. The fraction of sp³-hybridized carbons (Fsp3) is 0. The third-order valence-electron chi connectivity index (χ3n) is 3.46. The highest BCUT2D eigenvalue weighted by atomic mass is 14.8. The number of nitrogens with one attached hydrogen (secondary N) is 1. The summed E-state index contributed by atoms with van der Waals surface area (Å²) in [5, 5.41) is 0. The maximum Gasteiger partial charge on any atom is 0.0659 e. The van der Waals surface area contributed by atoms with Crippen LogP contribution in [0.25, 0.3) is 6.08 Å². The Morgan fingerprint density at radius 2 is 1.52 bits per heavy atom.